The zero-order valence-electron chi connectivity index (χ0n) is 14.4. The lowest BCUT2D eigenvalue weighted by Crippen LogP contribution is -2.34. The van der Waals surface area contributed by atoms with E-state index in [2.05, 4.69) is 10.3 Å². The van der Waals surface area contributed by atoms with Crippen LogP contribution in [0.25, 0.3) is 10.9 Å². The van der Waals surface area contributed by atoms with Crippen molar-refractivity contribution in [1.82, 2.24) is 15.2 Å². The van der Waals surface area contributed by atoms with Crippen molar-refractivity contribution in [3.8, 4) is 0 Å². The molecule has 130 valence electrons. The molecule has 0 unspecified atom stereocenters. The largest absolute Gasteiger partial charge is 0.468 e. The highest BCUT2D eigenvalue weighted by atomic mass is 35.5. The van der Waals surface area contributed by atoms with Gasteiger partial charge in [0.05, 0.1) is 28.4 Å². The highest BCUT2D eigenvalue weighted by Gasteiger charge is 2.19. The summed E-state index contributed by atoms with van der Waals surface area (Å²) in [6, 6.07) is 10.9. The molecule has 0 spiro atoms. The third-order valence-corrected chi connectivity index (χ3v) is 4.42. The van der Waals surface area contributed by atoms with E-state index in [1.165, 1.54) is 0 Å². The average Bonchev–Trinajstić information content (AvgIpc) is 3.09. The van der Waals surface area contributed by atoms with Gasteiger partial charge >= 0.3 is 0 Å². The van der Waals surface area contributed by atoms with E-state index in [1.807, 2.05) is 50.2 Å². The van der Waals surface area contributed by atoms with Crippen molar-refractivity contribution in [2.75, 3.05) is 20.6 Å². The van der Waals surface area contributed by atoms with Gasteiger partial charge in [-0.15, -0.1) is 0 Å². The predicted molar refractivity (Wildman–Crippen MR) is 99.0 cm³/mol. The topological polar surface area (TPSA) is 58.4 Å². The maximum absolute atomic E-state index is 12.8. The number of aromatic nitrogens is 1. The van der Waals surface area contributed by atoms with Crippen LogP contribution in [0.4, 0.5) is 0 Å². The fraction of sp³-hybridized carbons (Fsp3) is 0.263. The Bertz CT molecular complexity index is 891. The Morgan fingerprint density at radius 3 is 2.80 bits per heavy atom. The number of hydrogen-bond acceptors (Lipinski definition) is 4. The van der Waals surface area contributed by atoms with E-state index >= 15 is 0 Å². The Hall–Kier alpha value is -2.37. The lowest BCUT2D eigenvalue weighted by atomic mass is 10.1. The van der Waals surface area contributed by atoms with Crippen molar-refractivity contribution in [1.29, 1.82) is 0 Å². The molecule has 1 atom stereocenters. The molecule has 0 saturated carbocycles. The molecule has 0 radical (unpaired) electrons. The summed E-state index contributed by atoms with van der Waals surface area (Å²) in [5.74, 6) is 0.653. The second-order valence-corrected chi connectivity index (χ2v) is 6.56. The van der Waals surface area contributed by atoms with Gasteiger partial charge in [0, 0.05) is 17.6 Å². The van der Waals surface area contributed by atoms with Gasteiger partial charge in [-0.3, -0.25) is 14.7 Å². The first-order chi connectivity index (χ1) is 12.0. The molecule has 1 aromatic carbocycles. The molecule has 1 amide bonds. The van der Waals surface area contributed by atoms with E-state index in [0.29, 0.717) is 22.6 Å². The van der Waals surface area contributed by atoms with Crippen LogP contribution in [0.15, 0.2) is 47.1 Å². The monoisotopic (exact) mass is 357 g/mol. The molecule has 3 rings (SSSR count). The van der Waals surface area contributed by atoms with Crippen LogP contribution in [0.3, 0.4) is 0 Å². The van der Waals surface area contributed by atoms with Crippen molar-refractivity contribution in [2.24, 2.45) is 0 Å². The Morgan fingerprint density at radius 1 is 1.32 bits per heavy atom. The molecule has 0 aliphatic rings. The zero-order valence-corrected chi connectivity index (χ0v) is 15.2. The van der Waals surface area contributed by atoms with E-state index < -0.39 is 0 Å². The van der Waals surface area contributed by atoms with Crippen molar-refractivity contribution in [2.45, 2.75) is 13.0 Å². The summed E-state index contributed by atoms with van der Waals surface area (Å²) >= 11 is 6.23. The van der Waals surface area contributed by atoms with E-state index in [0.717, 1.165) is 16.8 Å². The van der Waals surface area contributed by atoms with Gasteiger partial charge in [-0.1, -0.05) is 23.7 Å². The second-order valence-electron chi connectivity index (χ2n) is 6.15. The van der Waals surface area contributed by atoms with Crippen LogP contribution < -0.4 is 5.32 Å². The highest BCUT2D eigenvalue weighted by Crippen LogP contribution is 2.25. The Morgan fingerprint density at radius 2 is 2.12 bits per heavy atom. The van der Waals surface area contributed by atoms with Gasteiger partial charge in [-0.2, -0.15) is 0 Å². The summed E-state index contributed by atoms with van der Waals surface area (Å²) < 4.78 is 5.48. The number of carbonyl (C=O) groups is 1. The molecule has 2 heterocycles. The predicted octanol–water partition coefficient (Wildman–Crippen LogP) is 3.82. The number of amides is 1. The maximum atomic E-state index is 12.8. The lowest BCUT2D eigenvalue weighted by Gasteiger charge is -2.22. The average molecular weight is 358 g/mol. The number of nitrogens with zero attached hydrogens (tertiary/aromatic N) is 2. The molecule has 5 nitrogen and oxygen atoms in total. The third-order valence-electron chi connectivity index (χ3n) is 4.11. The molecule has 6 heteroatoms. The number of furan rings is 1. The molecule has 0 fully saturated rings. The molecule has 1 N–H and O–H groups in total. The van der Waals surface area contributed by atoms with E-state index in [1.54, 1.807) is 18.4 Å². The molecular formula is C19H20ClN3O2. The van der Waals surface area contributed by atoms with Crippen LogP contribution in [0.5, 0.6) is 0 Å². The number of hydrogen-bond donors (Lipinski definition) is 1. The number of carbonyl (C=O) groups excluding carboxylic acids is 1. The quantitative estimate of drug-likeness (QED) is 0.754. The SMILES string of the molecule is Cc1cc(C(=O)NC[C@@H](c2ccco2)N(C)C)c2cccc(Cl)c2n1. The first-order valence-corrected chi connectivity index (χ1v) is 8.39. The molecule has 0 bridgehead atoms. The molecule has 0 aliphatic carbocycles. The number of likely N-dealkylation sites (N-methyl/N-ethyl adjacent to an activating group) is 1. The first kappa shape index (κ1) is 17.5. The minimum absolute atomic E-state index is 0.0447. The van der Waals surface area contributed by atoms with Gasteiger partial charge in [0.25, 0.3) is 5.91 Å². The van der Waals surface area contributed by atoms with Gasteiger partial charge in [0.1, 0.15) is 5.76 Å². The third kappa shape index (κ3) is 3.67. The number of benzene rings is 1. The van der Waals surface area contributed by atoms with Crippen LogP contribution >= 0.6 is 11.6 Å². The van der Waals surface area contributed by atoms with E-state index in [4.69, 9.17) is 16.0 Å². The summed E-state index contributed by atoms with van der Waals surface area (Å²) in [6.07, 6.45) is 1.63. The number of aryl methyl sites for hydroxylation is 1. The van der Waals surface area contributed by atoms with Crippen molar-refractivity contribution >= 4 is 28.4 Å². The zero-order chi connectivity index (χ0) is 18.0. The molecule has 2 aromatic heterocycles. The van der Waals surface area contributed by atoms with Gasteiger partial charge in [0.15, 0.2) is 0 Å². The van der Waals surface area contributed by atoms with Crippen LogP contribution in [0, 0.1) is 6.92 Å². The number of pyridine rings is 1. The highest BCUT2D eigenvalue weighted by molar-refractivity contribution is 6.35. The fourth-order valence-electron chi connectivity index (χ4n) is 2.83. The Balaban J connectivity index is 1.86. The summed E-state index contributed by atoms with van der Waals surface area (Å²) in [4.78, 5) is 19.2. The summed E-state index contributed by atoms with van der Waals surface area (Å²) in [5.41, 5.74) is 1.97. The number of fused-ring (bicyclic) bond motifs is 1. The minimum Gasteiger partial charge on any atom is -0.468 e. The molecule has 0 saturated heterocycles. The van der Waals surface area contributed by atoms with Gasteiger partial charge in [-0.25, -0.2) is 0 Å². The number of halogens is 1. The van der Waals surface area contributed by atoms with Crippen LogP contribution in [0.2, 0.25) is 5.02 Å². The Kier molecular flexibility index (Phi) is 5.06. The molecular weight excluding hydrogens is 338 g/mol. The van der Waals surface area contributed by atoms with Gasteiger partial charge in [0.2, 0.25) is 0 Å². The normalized spacial score (nSPS) is 12.5. The first-order valence-electron chi connectivity index (χ1n) is 8.01. The minimum atomic E-state index is -0.156. The van der Waals surface area contributed by atoms with E-state index in [9.17, 15) is 4.79 Å². The molecule has 25 heavy (non-hydrogen) atoms. The van der Waals surface area contributed by atoms with Crippen molar-refractivity contribution < 1.29 is 9.21 Å². The van der Waals surface area contributed by atoms with Crippen molar-refractivity contribution in [3.63, 3.8) is 0 Å². The van der Waals surface area contributed by atoms with E-state index in [-0.39, 0.29) is 11.9 Å². The number of para-hydroxylation sites is 1. The summed E-state index contributed by atoms with van der Waals surface area (Å²) in [6.45, 7) is 2.29. The maximum Gasteiger partial charge on any atom is 0.252 e. The van der Waals surface area contributed by atoms with Crippen molar-refractivity contribution in [3.05, 3.63) is 64.7 Å². The molecule has 0 aliphatic heterocycles. The molecule has 3 aromatic rings. The fourth-order valence-corrected chi connectivity index (χ4v) is 3.05. The van der Waals surface area contributed by atoms with Crippen LogP contribution in [-0.4, -0.2) is 36.4 Å². The second kappa shape index (κ2) is 7.25. The van der Waals surface area contributed by atoms with Crippen LogP contribution in [-0.2, 0) is 0 Å². The van der Waals surface area contributed by atoms with Gasteiger partial charge in [-0.05, 0) is 45.3 Å². The van der Waals surface area contributed by atoms with Crippen LogP contribution in [0.1, 0.15) is 27.9 Å². The Labute approximate surface area is 151 Å². The lowest BCUT2D eigenvalue weighted by molar-refractivity contribution is 0.0940. The smallest absolute Gasteiger partial charge is 0.252 e. The summed E-state index contributed by atoms with van der Waals surface area (Å²) in [7, 11) is 3.90. The van der Waals surface area contributed by atoms with Gasteiger partial charge < -0.3 is 9.73 Å². The number of rotatable bonds is 5. The summed E-state index contributed by atoms with van der Waals surface area (Å²) in [5, 5.41) is 4.28. The standard InChI is InChI=1S/C19H20ClN3O2/c1-12-10-14(13-6-4-7-15(20)18(13)22-12)19(24)21-11-16(23(2)3)17-8-5-9-25-17/h4-10,16H,11H2,1-3H3,(H,21,24)/t16-/m0/s1. The number of nitrogens with one attached hydrogen (secondary N) is 1.